The van der Waals surface area contributed by atoms with Gasteiger partial charge >= 0.3 is 0 Å². The van der Waals surface area contributed by atoms with Gasteiger partial charge in [-0.1, -0.05) is 0 Å². The van der Waals surface area contributed by atoms with E-state index in [9.17, 15) is 9.59 Å². The molecule has 2 radical (unpaired) electrons. The van der Waals surface area contributed by atoms with E-state index in [-0.39, 0.29) is 11.8 Å². The molecule has 2 amide bonds. The Morgan fingerprint density at radius 2 is 2.20 bits per heavy atom. The molecule has 0 unspecified atom stereocenters. The highest BCUT2D eigenvalue weighted by Crippen LogP contribution is 2.23. The third kappa shape index (κ3) is 1.33. The summed E-state index contributed by atoms with van der Waals surface area (Å²) < 4.78 is 1.06. The van der Waals surface area contributed by atoms with E-state index in [1.165, 1.54) is 0 Å². The molecule has 52 valence electrons. The molecule has 0 bridgehead atoms. The average Bonchev–Trinajstić information content (AvgIpc) is 1.93. The van der Waals surface area contributed by atoms with E-state index in [1.807, 2.05) is 0 Å². The largest absolute Gasteiger partial charge is 0.274 e. The number of rotatable bonds is 0. The fraction of sp³-hybridized carbons (Fsp3) is 0.600. The van der Waals surface area contributed by atoms with Crippen LogP contribution in [0.1, 0.15) is 12.8 Å². The number of carbonyl (C=O) groups is 2. The lowest BCUT2D eigenvalue weighted by Gasteiger charge is -2.22. The average molecular weight is 249 g/mol. The van der Waals surface area contributed by atoms with Crippen LogP contribution in [0, 0.1) is 0 Å². The third-order valence-corrected chi connectivity index (χ3v) is 2.41. The number of halogens is 1. The summed E-state index contributed by atoms with van der Waals surface area (Å²) in [6.07, 6.45) is 0.868. The van der Waals surface area contributed by atoms with E-state index < -0.39 is 5.82 Å². The Labute approximate surface area is 74.0 Å². The highest BCUT2D eigenvalue weighted by atomic mass is 127. The Morgan fingerprint density at radius 3 is 2.70 bits per heavy atom. The zero-order chi connectivity index (χ0) is 7.72. The van der Waals surface area contributed by atoms with E-state index in [0.717, 1.165) is 3.11 Å². The highest BCUT2D eigenvalue weighted by molar-refractivity contribution is 14.1. The van der Waals surface area contributed by atoms with Gasteiger partial charge < -0.3 is 0 Å². The summed E-state index contributed by atoms with van der Waals surface area (Å²) in [7, 11) is 5.38. The van der Waals surface area contributed by atoms with Crippen molar-refractivity contribution in [1.29, 1.82) is 0 Å². The minimum Gasteiger partial charge on any atom is -0.274 e. The molecule has 0 aliphatic carbocycles. The lowest BCUT2D eigenvalue weighted by atomic mass is 9.81. The number of hydrogen-bond acceptors (Lipinski definition) is 2. The lowest BCUT2D eigenvalue weighted by Crippen LogP contribution is -2.35. The molecule has 0 aromatic heterocycles. The first-order chi connectivity index (χ1) is 4.63. The van der Waals surface area contributed by atoms with Crippen LogP contribution in [0.15, 0.2) is 0 Å². The van der Waals surface area contributed by atoms with Gasteiger partial charge in [-0.25, -0.2) is 3.11 Å². The first-order valence-corrected chi connectivity index (χ1v) is 3.87. The quantitative estimate of drug-likeness (QED) is 0.270. The number of amides is 2. The topological polar surface area (TPSA) is 37.4 Å². The van der Waals surface area contributed by atoms with Crippen molar-refractivity contribution >= 4 is 42.5 Å². The van der Waals surface area contributed by atoms with Crippen molar-refractivity contribution in [2.45, 2.75) is 18.7 Å². The highest BCUT2D eigenvalue weighted by Gasteiger charge is 2.29. The van der Waals surface area contributed by atoms with Gasteiger partial charge in [0.05, 0.1) is 30.7 Å². The molecule has 0 N–H and O–H groups in total. The zero-order valence-corrected chi connectivity index (χ0v) is 7.37. The fourth-order valence-corrected chi connectivity index (χ4v) is 1.37. The molecule has 0 spiro atoms. The summed E-state index contributed by atoms with van der Waals surface area (Å²) in [6, 6.07) is 0. The Hall–Kier alpha value is -0.0651. The van der Waals surface area contributed by atoms with Crippen LogP contribution in [-0.2, 0) is 9.59 Å². The molecule has 1 heterocycles. The Balaban J connectivity index is 2.70. The summed E-state index contributed by atoms with van der Waals surface area (Å²) >= 11 is 1.68. The monoisotopic (exact) mass is 249 g/mol. The van der Waals surface area contributed by atoms with E-state index in [1.54, 1.807) is 22.9 Å². The number of hydrogen-bond donors (Lipinski definition) is 0. The molecule has 1 aliphatic rings. The van der Waals surface area contributed by atoms with Crippen LogP contribution in [0.3, 0.4) is 0 Å². The van der Waals surface area contributed by atoms with E-state index in [0.29, 0.717) is 12.8 Å². The van der Waals surface area contributed by atoms with Crippen LogP contribution in [0.4, 0.5) is 0 Å². The van der Waals surface area contributed by atoms with Crippen LogP contribution in [0.5, 0.6) is 0 Å². The van der Waals surface area contributed by atoms with Gasteiger partial charge in [-0.15, -0.1) is 0 Å². The zero-order valence-electron chi connectivity index (χ0n) is 5.21. The smallest absolute Gasteiger partial charge is 0.238 e. The first-order valence-electron chi connectivity index (χ1n) is 2.91. The van der Waals surface area contributed by atoms with Crippen LogP contribution in [-0.4, -0.2) is 22.8 Å². The van der Waals surface area contributed by atoms with Gasteiger partial charge in [0.25, 0.3) is 0 Å². The maximum Gasteiger partial charge on any atom is 0.238 e. The predicted octanol–water partition coefficient (Wildman–Crippen LogP) is 0.442. The van der Waals surface area contributed by atoms with Gasteiger partial charge in [-0.3, -0.25) is 9.59 Å². The molecular formula is C5H5BINO2. The molecular weight excluding hydrogens is 244 g/mol. The molecule has 5 heteroatoms. The van der Waals surface area contributed by atoms with E-state index in [4.69, 9.17) is 7.85 Å². The van der Waals surface area contributed by atoms with Gasteiger partial charge in [0.15, 0.2) is 0 Å². The summed E-state index contributed by atoms with van der Waals surface area (Å²) in [5.74, 6) is -0.904. The molecule has 1 atom stereocenters. The van der Waals surface area contributed by atoms with Crippen molar-refractivity contribution in [3.05, 3.63) is 0 Å². The van der Waals surface area contributed by atoms with Crippen molar-refractivity contribution in [3.63, 3.8) is 0 Å². The van der Waals surface area contributed by atoms with Crippen molar-refractivity contribution in [2.75, 3.05) is 0 Å². The number of piperidine rings is 1. The van der Waals surface area contributed by atoms with Gasteiger partial charge in [-0.05, 0) is 6.42 Å². The van der Waals surface area contributed by atoms with Gasteiger partial charge in [0, 0.05) is 12.2 Å². The Kier molecular flexibility index (Phi) is 2.33. The molecule has 1 saturated heterocycles. The summed E-state index contributed by atoms with van der Waals surface area (Å²) in [5, 5.41) is 0. The molecule has 1 fully saturated rings. The summed E-state index contributed by atoms with van der Waals surface area (Å²) in [5.41, 5.74) is 0. The van der Waals surface area contributed by atoms with E-state index in [2.05, 4.69) is 0 Å². The van der Waals surface area contributed by atoms with E-state index >= 15 is 0 Å². The van der Waals surface area contributed by atoms with Crippen LogP contribution in [0.25, 0.3) is 0 Å². The minimum absolute atomic E-state index is 0.146. The van der Waals surface area contributed by atoms with Crippen molar-refractivity contribution in [3.8, 4) is 0 Å². The second-order valence-corrected chi connectivity index (χ2v) is 3.12. The first kappa shape index (κ1) is 8.04. The maximum absolute atomic E-state index is 10.9. The molecule has 0 aromatic carbocycles. The van der Waals surface area contributed by atoms with Crippen LogP contribution in [0.2, 0.25) is 5.82 Å². The molecule has 1 aliphatic heterocycles. The number of nitrogens with zero attached hydrogens (tertiary/aromatic N) is 1. The Morgan fingerprint density at radius 1 is 1.60 bits per heavy atom. The molecule has 3 nitrogen and oxygen atoms in total. The lowest BCUT2D eigenvalue weighted by molar-refractivity contribution is -0.139. The molecule has 10 heavy (non-hydrogen) atoms. The molecule has 1 rings (SSSR count). The number of carbonyl (C=O) groups excluding carboxylic acids is 2. The maximum atomic E-state index is 10.9. The van der Waals surface area contributed by atoms with Crippen molar-refractivity contribution < 1.29 is 9.59 Å². The minimum atomic E-state index is -0.477. The van der Waals surface area contributed by atoms with Crippen LogP contribution >= 0.6 is 22.9 Å². The summed E-state index contributed by atoms with van der Waals surface area (Å²) in [6.45, 7) is 0. The van der Waals surface area contributed by atoms with Gasteiger partial charge in [-0.2, -0.15) is 0 Å². The number of imide groups is 1. The second kappa shape index (κ2) is 2.90. The second-order valence-electron chi connectivity index (χ2n) is 2.16. The van der Waals surface area contributed by atoms with Gasteiger partial charge in [0.2, 0.25) is 11.8 Å². The molecule has 0 aromatic rings. The van der Waals surface area contributed by atoms with Crippen molar-refractivity contribution in [2.24, 2.45) is 0 Å². The third-order valence-electron chi connectivity index (χ3n) is 1.40. The van der Waals surface area contributed by atoms with Gasteiger partial charge in [0.1, 0.15) is 0 Å². The van der Waals surface area contributed by atoms with Crippen molar-refractivity contribution in [1.82, 2.24) is 3.11 Å². The van der Waals surface area contributed by atoms with Crippen LogP contribution < -0.4 is 0 Å². The Bertz CT molecular complexity index is 184. The summed E-state index contributed by atoms with van der Waals surface area (Å²) in [4.78, 5) is 21.7. The standard InChI is InChI=1S/C5H5BINO2/c6-3-1-2-4(9)8(7)5(3)10/h3H,1-2H2/t3-/m0/s1. The normalized spacial score (nSPS) is 27.3. The molecule has 0 saturated carbocycles. The SMILES string of the molecule is [B][C@H]1CCC(=O)N(I)C1=O. The fourth-order valence-electron chi connectivity index (χ4n) is 0.769. The predicted molar refractivity (Wildman–Crippen MR) is 44.6 cm³/mol.